The van der Waals surface area contributed by atoms with Crippen molar-refractivity contribution >= 4 is 33.4 Å². The Kier molecular flexibility index (Phi) is 5.45. The average Bonchev–Trinajstić information content (AvgIpc) is 2.31. The van der Waals surface area contributed by atoms with E-state index in [1.165, 1.54) is 0 Å². The molecule has 0 aliphatic rings. The van der Waals surface area contributed by atoms with Crippen LogP contribution < -0.4 is 0 Å². The molecule has 0 spiro atoms. The molecule has 0 aromatic heterocycles. The van der Waals surface area contributed by atoms with Crippen LogP contribution in [0.4, 0.5) is 0 Å². The fraction of sp³-hybridized carbons (Fsp3) is 0.154. The lowest BCUT2D eigenvalue weighted by atomic mass is 10.2. The smallest absolute Gasteiger partial charge is 0.255 e. The van der Waals surface area contributed by atoms with Gasteiger partial charge in [0, 0.05) is 22.6 Å². The Hall–Kier alpha value is -1.06. The Bertz CT molecular complexity index is 435. The zero-order chi connectivity index (χ0) is 12.8. The second-order valence-corrected chi connectivity index (χ2v) is 4.70. The Morgan fingerprint density at radius 2 is 1.94 bits per heavy atom. The standard InChI is InChI=1S/C13H13BrClNO/c1-3-7-16(8-4-2)13(17)11-9-10(15)5-6-12(11)14/h3-6,9H,1-2,7-8H2. The second kappa shape index (κ2) is 6.62. The van der Waals surface area contributed by atoms with Crippen molar-refractivity contribution in [3.05, 3.63) is 58.6 Å². The summed E-state index contributed by atoms with van der Waals surface area (Å²) in [6.45, 7) is 8.22. The van der Waals surface area contributed by atoms with E-state index in [0.29, 0.717) is 23.7 Å². The van der Waals surface area contributed by atoms with Crippen LogP contribution in [0.5, 0.6) is 0 Å². The Labute approximate surface area is 115 Å². The number of benzene rings is 1. The van der Waals surface area contributed by atoms with Gasteiger partial charge in [-0.3, -0.25) is 4.79 Å². The highest BCUT2D eigenvalue weighted by molar-refractivity contribution is 9.10. The normalized spacial score (nSPS) is 9.76. The van der Waals surface area contributed by atoms with Crippen LogP contribution >= 0.6 is 27.5 Å². The number of halogens is 2. The van der Waals surface area contributed by atoms with Crippen molar-refractivity contribution in [1.29, 1.82) is 0 Å². The van der Waals surface area contributed by atoms with E-state index in [9.17, 15) is 4.79 Å². The predicted molar refractivity (Wildman–Crippen MR) is 75.4 cm³/mol. The number of hydrogen-bond donors (Lipinski definition) is 0. The zero-order valence-electron chi connectivity index (χ0n) is 9.33. The van der Waals surface area contributed by atoms with Crippen LogP contribution in [0.15, 0.2) is 48.0 Å². The van der Waals surface area contributed by atoms with E-state index in [2.05, 4.69) is 29.1 Å². The molecule has 0 bridgehead atoms. The third-order valence-corrected chi connectivity index (χ3v) is 3.07. The molecule has 0 unspecified atom stereocenters. The number of carbonyl (C=O) groups is 1. The summed E-state index contributed by atoms with van der Waals surface area (Å²) in [5, 5.41) is 0.536. The lowest BCUT2D eigenvalue weighted by Gasteiger charge is -2.20. The van der Waals surface area contributed by atoms with E-state index in [1.54, 1.807) is 35.3 Å². The summed E-state index contributed by atoms with van der Waals surface area (Å²) in [5.41, 5.74) is 0.543. The summed E-state index contributed by atoms with van der Waals surface area (Å²) in [4.78, 5) is 13.9. The maximum Gasteiger partial charge on any atom is 0.255 e. The number of carbonyl (C=O) groups excluding carboxylic acids is 1. The molecule has 4 heteroatoms. The van der Waals surface area contributed by atoms with Gasteiger partial charge in [-0.2, -0.15) is 0 Å². The Morgan fingerprint density at radius 3 is 2.47 bits per heavy atom. The largest absolute Gasteiger partial charge is 0.331 e. The number of amides is 1. The van der Waals surface area contributed by atoms with Gasteiger partial charge in [0.1, 0.15) is 0 Å². The molecular weight excluding hydrogens is 302 g/mol. The molecule has 17 heavy (non-hydrogen) atoms. The third kappa shape index (κ3) is 3.72. The average molecular weight is 315 g/mol. The van der Waals surface area contributed by atoms with Crippen LogP contribution in [0.2, 0.25) is 5.02 Å². The predicted octanol–water partition coefficient (Wildman–Crippen LogP) is 3.92. The van der Waals surface area contributed by atoms with Crippen molar-refractivity contribution in [2.45, 2.75) is 0 Å². The fourth-order valence-electron chi connectivity index (χ4n) is 1.38. The highest BCUT2D eigenvalue weighted by Gasteiger charge is 2.16. The maximum absolute atomic E-state index is 12.2. The molecule has 0 heterocycles. The van der Waals surface area contributed by atoms with E-state index in [-0.39, 0.29) is 5.91 Å². The van der Waals surface area contributed by atoms with Gasteiger partial charge in [-0.1, -0.05) is 23.8 Å². The van der Waals surface area contributed by atoms with E-state index in [1.807, 2.05) is 0 Å². The minimum absolute atomic E-state index is 0.0980. The van der Waals surface area contributed by atoms with E-state index < -0.39 is 0 Å². The molecule has 2 nitrogen and oxygen atoms in total. The van der Waals surface area contributed by atoms with E-state index in [4.69, 9.17) is 11.6 Å². The SMILES string of the molecule is C=CCN(CC=C)C(=O)c1cc(Cl)ccc1Br. The molecule has 0 fully saturated rings. The molecule has 1 rings (SSSR count). The van der Waals surface area contributed by atoms with Crippen molar-refractivity contribution in [2.75, 3.05) is 13.1 Å². The zero-order valence-corrected chi connectivity index (χ0v) is 11.7. The highest BCUT2D eigenvalue weighted by Crippen LogP contribution is 2.22. The summed E-state index contributed by atoms with van der Waals surface area (Å²) in [6, 6.07) is 5.14. The molecule has 0 aliphatic heterocycles. The third-order valence-electron chi connectivity index (χ3n) is 2.15. The van der Waals surface area contributed by atoms with E-state index in [0.717, 1.165) is 4.47 Å². The van der Waals surface area contributed by atoms with Gasteiger partial charge < -0.3 is 4.90 Å². The first-order valence-corrected chi connectivity index (χ1v) is 6.23. The summed E-state index contributed by atoms with van der Waals surface area (Å²) < 4.78 is 0.727. The van der Waals surface area contributed by atoms with Crippen LogP contribution in [0, 0.1) is 0 Å². The molecule has 1 aromatic rings. The van der Waals surface area contributed by atoms with Crippen LogP contribution in [0.3, 0.4) is 0 Å². The molecule has 90 valence electrons. The van der Waals surface area contributed by atoms with Gasteiger partial charge in [0.05, 0.1) is 5.56 Å². The van der Waals surface area contributed by atoms with Crippen LogP contribution in [-0.4, -0.2) is 23.9 Å². The van der Waals surface area contributed by atoms with Gasteiger partial charge in [-0.25, -0.2) is 0 Å². The van der Waals surface area contributed by atoms with Crippen molar-refractivity contribution in [1.82, 2.24) is 4.90 Å². The summed E-state index contributed by atoms with van der Waals surface area (Å²) >= 11 is 9.23. The van der Waals surface area contributed by atoms with Crippen molar-refractivity contribution in [2.24, 2.45) is 0 Å². The summed E-state index contributed by atoms with van der Waals surface area (Å²) in [5.74, 6) is -0.0980. The first-order chi connectivity index (χ1) is 8.10. The molecule has 0 radical (unpaired) electrons. The minimum atomic E-state index is -0.0980. The molecular formula is C13H13BrClNO. The van der Waals surface area contributed by atoms with Crippen molar-refractivity contribution in [3.63, 3.8) is 0 Å². The van der Waals surface area contributed by atoms with Gasteiger partial charge in [0.15, 0.2) is 0 Å². The topological polar surface area (TPSA) is 20.3 Å². The molecule has 0 atom stereocenters. The molecule has 0 N–H and O–H groups in total. The number of hydrogen-bond acceptors (Lipinski definition) is 1. The molecule has 0 aliphatic carbocycles. The van der Waals surface area contributed by atoms with E-state index >= 15 is 0 Å². The quantitative estimate of drug-likeness (QED) is 0.754. The Balaban J connectivity index is 3.03. The second-order valence-electron chi connectivity index (χ2n) is 3.41. The first-order valence-electron chi connectivity index (χ1n) is 5.06. The van der Waals surface area contributed by atoms with Crippen LogP contribution in [-0.2, 0) is 0 Å². The maximum atomic E-state index is 12.2. The molecule has 0 saturated heterocycles. The van der Waals surface area contributed by atoms with Gasteiger partial charge in [-0.15, -0.1) is 13.2 Å². The monoisotopic (exact) mass is 313 g/mol. The number of rotatable bonds is 5. The van der Waals surface area contributed by atoms with Crippen LogP contribution in [0.25, 0.3) is 0 Å². The summed E-state index contributed by atoms with van der Waals surface area (Å²) in [6.07, 6.45) is 3.36. The first kappa shape index (κ1) is 14.0. The molecule has 1 aromatic carbocycles. The Morgan fingerprint density at radius 1 is 1.35 bits per heavy atom. The number of nitrogens with zero attached hydrogens (tertiary/aromatic N) is 1. The minimum Gasteiger partial charge on any atom is -0.331 e. The summed E-state index contributed by atoms with van der Waals surface area (Å²) in [7, 11) is 0. The van der Waals surface area contributed by atoms with Crippen LogP contribution in [0.1, 0.15) is 10.4 Å². The van der Waals surface area contributed by atoms with Gasteiger partial charge >= 0.3 is 0 Å². The lowest BCUT2D eigenvalue weighted by molar-refractivity contribution is 0.0790. The lowest BCUT2D eigenvalue weighted by Crippen LogP contribution is -2.31. The van der Waals surface area contributed by atoms with Crippen molar-refractivity contribution < 1.29 is 4.79 Å². The van der Waals surface area contributed by atoms with Gasteiger partial charge in [0.2, 0.25) is 0 Å². The van der Waals surface area contributed by atoms with Crippen molar-refractivity contribution in [3.8, 4) is 0 Å². The highest BCUT2D eigenvalue weighted by atomic mass is 79.9. The van der Waals surface area contributed by atoms with Gasteiger partial charge in [-0.05, 0) is 34.1 Å². The molecule has 0 saturated carbocycles. The fourth-order valence-corrected chi connectivity index (χ4v) is 1.97. The van der Waals surface area contributed by atoms with Gasteiger partial charge in [0.25, 0.3) is 5.91 Å². The molecule has 1 amide bonds.